The van der Waals surface area contributed by atoms with E-state index in [9.17, 15) is 4.79 Å². The molecule has 1 atom stereocenters. The quantitative estimate of drug-likeness (QED) is 0.715. The van der Waals surface area contributed by atoms with Crippen molar-refractivity contribution in [3.05, 3.63) is 35.0 Å². The average Bonchev–Trinajstić information content (AvgIpc) is 3.29. The number of hydrogen-bond donors (Lipinski definition) is 2. The second kappa shape index (κ2) is 6.54. The fourth-order valence-corrected chi connectivity index (χ4v) is 5.22. The summed E-state index contributed by atoms with van der Waals surface area (Å²) in [5, 5.41) is 4.35. The van der Waals surface area contributed by atoms with Crippen molar-refractivity contribution in [1.29, 1.82) is 0 Å². The van der Waals surface area contributed by atoms with Crippen molar-refractivity contribution < 1.29 is 4.79 Å². The number of anilines is 1. The highest BCUT2D eigenvalue weighted by molar-refractivity contribution is 7.19. The molecule has 138 valence electrons. The van der Waals surface area contributed by atoms with Gasteiger partial charge in [0.1, 0.15) is 16.7 Å². The highest BCUT2D eigenvalue weighted by Gasteiger charge is 2.29. The smallest absolute Gasteiger partial charge is 0.236 e. The zero-order valence-corrected chi connectivity index (χ0v) is 15.6. The number of nitrogens with one attached hydrogen (secondary N) is 1. The van der Waals surface area contributed by atoms with Crippen LogP contribution in [0.5, 0.6) is 0 Å². The number of fused-ring (bicyclic) bond motifs is 3. The summed E-state index contributed by atoms with van der Waals surface area (Å²) >= 11 is 1.78. The van der Waals surface area contributed by atoms with Gasteiger partial charge in [0.05, 0.1) is 5.39 Å². The predicted octanol–water partition coefficient (Wildman–Crippen LogP) is 1.51. The van der Waals surface area contributed by atoms with Gasteiger partial charge in [-0.3, -0.25) is 9.78 Å². The Hall–Kier alpha value is -2.58. The van der Waals surface area contributed by atoms with E-state index in [1.165, 1.54) is 16.9 Å². The third-order valence-corrected chi connectivity index (χ3v) is 6.47. The van der Waals surface area contributed by atoms with Crippen LogP contribution in [0.4, 0.5) is 5.82 Å². The van der Waals surface area contributed by atoms with Gasteiger partial charge in [-0.15, -0.1) is 11.3 Å². The molecule has 1 aliphatic carbocycles. The largest absolute Gasteiger partial charge is 0.368 e. The number of piperazine rings is 1. The molecule has 2 aliphatic rings. The number of thiophene rings is 1. The van der Waals surface area contributed by atoms with Crippen molar-refractivity contribution in [2.45, 2.75) is 25.3 Å². The normalized spacial score (nSPS) is 19.4. The molecular weight excluding hydrogens is 360 g/mol. The van der Waals surface area contributed by atoms with E-state index >= 15 is 0 Å². The Morgan fingerprint density at radius 3 is 3.07 bits per heavy atom. The Balaban J connectivity index is 1.67. The molecule has 0 aromatic carbocycles. The molecule has 3 N–H and O–H groups in total. The number of aryl methyl sites for hydroxylation is 2. The minimum atomic E-state index is -0.364. The first-order valence-electron chi connectivity index (χ1n) is 9.21. The Morgan fingerprint density at radius 2 is 2.26 bits per heavy atom. The Labute approximate surface area is 160 Å². The maximum Gasteiger partial charge on any atom is 0.236 e. The van der Waals surface area contributed by atoms with Gasteiger partial charge in [-0.05, 0) is 37.0 Å². The van der Waals surface area contributed by atoms with Gasteiger partial charge < -0.3 is 16.0 Å². The summed E-state index contributed by atoms with van der Waals surface area (Å²) < 4.78 is 0. The van der Waals surface area contributed by atoms with E-state index in [-0.39, 0.29) is 11.9 Å². The molecule has 1 fully saturated rings. The van der Waals surface area contributed by atoms with Crippen molar-refractivity contribution in [3.63, 3.8) is 0 Å². The molecule has 1 unspecified atom stereocenters. The molecule has 4 heterocycles. The Morgan fingerprint density at radius 1 is 1.33 bits per heavy atom. The fourth-order valence-electron chi connectivity index (χ4n) is 3.96. The number of amides is 1. The van der Waals surface area contributed by atoms with E-state index in [2.05, 4.69) is 15.2 Å². The lowest BCUT2D eigenvalue weighted by Crippen LogP contribution is -2.56. The Kier molecular flexibility index (Phi) is 4.02. The summed E-state index contributed by atoms with van der Waals surface area (Å²) in [6.45, 7) is 2.01. The number of primary amides is 1. The highest BCUT2D eigenvalue weighted by Crippen LogP contribution is 2.41. The number of nitrogens with zero attached hydrogens (tertiary/aromatic N) is 4. The summed E-state index contributed by atoms with van der Waals surface area (Å²) in [6, 6.07) is 3.51. The first-order valence-corrected chi connectivity index (χ1v) is 10.0. The lowest BCUT2D eigenvalue weighted by Gasteiger charge is -2.33. The standard InChI is InChI=1S/C19H20N6OS/c20-16(26)13-10-25(8-7-22-13)18-15-12-4-1-5-14(12)27-19(15)24-17(23-18)11-3-2-6-21-9-11/h2-3,6,9,13,22H,1,4-5,7-8,10H2,(H2,20,26). The SMILES string of the molecule is NC(=O)C1CN(c2nc(-c3cccnc3)nc3sc4c(c23)CCC4)CCN1. The molecule has 27 heavy (non-hydrogen) atoms. The van der Waals surface area contributed by atoms with Crippen molar-refractivity contribution >= 4 is 33.3 Å². The van der Waals surface area contributed by atoms with Gasteiger partial charge in [0.15, 0.2) is 5.82 Å². The maximum atomic E-state index is 11.7. The van der Waals surface area contributed by atoms with Crippen LogP contribution in [-0.2, 0) is 17.6 Å². The molecule has 3 aromatic rings. The zero-order valence-electron chi connectivity index (χ0n) is 14.8. The topological polar surface area (TPSA) is 97.0 Å². The first kappa shape index (κ1) is 16.6. The number of pyridine rings is 1. The van der Waals surface area contributed by atoms with Crippen molar-refractivity contribution in [2.24, 2.45) is 5.73 Å². The minimum Gasteiger partial charge on any atom is -0.368 e. The van der Waals surface area contributed by atoms with Gasteiger partial charge in [-0.25, -0.2) is 9.97 Å². The van der Waals surface area contributed by atoms with Crippen LogP contribution in [0.1, 0.15) is 16.9 Å². The van der Waals surface area contributed by atoms with Crippen LogP contribution >= 0.6 is 11.3 Å². The molecule has 0 spiro atoms. The van der Waals surface area contributed by atoms with Crippen LogP contribution in [0, 0.1) is 0 Å². The number of carbonyl (C=O) groups excluding carboxylic acids is 1. The Bertz CT molecular complexity index is 1020. The number of carbonyl (C=O) groups is 1. The van der Waals surface area contributed by atoms with E-state index in [4.69, 9.17) is 15.7 Å². The predicted molar refractivity (Wildman–Crippen MR) is 106 cm³/mol. The van der Waals surface area contributed by atoms with Crippen LogP contribution in [0.2, 0.25) is 0 Å². The number of nitrogens with two attached hydrogens (primary N) is 1. The van der Waals surface area contributed by atoms with Gasteiger partial charge in [0.25, 0.3) is 0 Å². The average molecular weight is 380 g/mol. The van der Waals surface area contributed by atoms with Crippen LogP contribution in [0.3, 0.4) is 0 Å². The minimum absolute atomic E-state index is 0.326. The van der Waals surface area contributed by atoms with Gasteiger partial charge in [-0.1, -0.05) is 0 Å². The molecule has 3 aromatic heterocycles. The fraction of sp³-hybridized carbons (Fsp3) is 0.368. The van der Waals surface area contributed by atoms with Gasteiger partial charge >= 0.3 is 0 Å². The van der Waals surface area contributed by atoms with Crippen molar-refractivity contribution in [1.82, 2.24) is 20.3 Å². The van der Waals surface area contributed by atoms with Crippen LogP contribution in [0.25, 0.3) is 21.6 Å². The second-order valence-electron chi connectivity index (χ2n) is 7.01. The number of rotatable bonds is 3. The monoisotopic (exact) mass is 380 g/mol. The molecule has 5 rings (SSSR count). The third-order valence-electron chi connectivity index (χ3n) is 5.28. The van der Waals surface area contributed by atoms with E-state index in [1.54, 1.807) is 23.7 Å². The summed E-state index contributed by atoms with van der Waals surface area (Å²) in [6.07, 6.45) is 6.91. The van der Waals surface area contributed by atoms with Gasteiger partial charge in [-0.2, -0.15) is 0 Å². The van der Waals surface area contributed by atoms with Crippen LogP contribution in [-0.4, -0.2) is 46.5 Å². The van der Waals surface area contributed by atoms with Crippen molar-refractivity contribution in [3.8, 4) is 11.4 Å². The van der Waals surface area contributed by atoms with Crippen molar-refractivity contribution in [2.75, 3.05) is 24.5 Å². The molecule has 0 saturated carbocycles. The molecule has 0 radical (unpaired) electrons. The van der Waals surface area contributed by atoms with Gasteiger partial charge in [0, 0.05) is 42.5 Å². The summed E-state index contributed by atoms with van der Waals surface area (Å²) in [7, 11) is 0. The third kappa shape index (κ3) is 2.85. The molecule has 0 bridgehead atoms. The molecule has 1 amide bonds. The molecule has 8 heteroatoms. The van der Waals surface area contributed by atoms with E-state index < -0.39 is 0 Å². The van der Waals surface area contributed by atoms with E-state index in [0.29, 0.717) is 18.9 Å². The summed E-state index contributed by atoms with van der Waals surface area (Å²) in [5.74, 6) is 1.28. The number of aromatic nitrogens is 3. The zero-order chi connectivity index (χ0) is 18.4. The number of hydrogen-bond acceptors (Lipinski definition) is 7. The summed E-state index contributed by atoms with van der Waals surface area (Å²) in [4.78, 5) is 30.3. The maximum absolute atomic E-state index is 11.7. The first-order chi connectivity index (χ1) is 13.2. The highest BCUT2D eigenvalue weighted by atomic mass is 32.1. The van der Waals surface area contributed by atoms with E-state index in [0.717, 1.165) is 41.0 Å². The van der Waals surface area contributed by atoms with Gasteiger partial charge in [0.2, 0.25) is 5.91 Å². The molecule has 7 nitrogen and oxygen atoms in total. The lowest BCUT2D eigenvalue weighted by atomic mass is 10.1. The molecular formula is C19H20N6OS. The van der Waals surface area contributed by atoms with Crippen LogP contribution in [0.15, 0.2) is 24.5 Å². The lowest BCUT2D eigenvalue weighted by molar-refractivity contribution is -0.120. The van der Waals surface area contributed by atoms with Crippen LogP contribution < -0.4 is 16.0 Å². The molecule has 1 aliphatic heterocycles. The molecule has 1 saturated heterocycles. The summed E-state index contributed by atoms with van der Waals surface area (Å²) in [5.41, 5.74) is 7.83. The van der Waals surface area contributed by atoms with E-state index in [1.807, 2.05) is 12.1 Å². The second-order valence-corrected chi connectivity index (χ2v) is 8.09.